The molecule has 1 N–H and O–H groups in total. The topological polar surface area (TPSA) is 91.7 Å². The molecule has 50 heavy (non-hydrogen) atoms. The molecule has 0 aliphatic carbocycles. The van der Waals surface area contributed by atoms with Crippen molar-refractivity contribution in [2.75, 3.05) is 43.1 Å². The van der Waals surface area contributed by atoms with Crippen molar-refractivity contribution >= 4 is 34.5 Å². The highest BCUT2D eigenvalue weighted by Crippen LogP contribution is 2.32. The Hall–Kier alpha value is -4.05. The number of unbranched alkanes of at least 4 members (excludes halogenated alkanes) is 1. The van der Waals surface area contributed by atoms with Gasteiger partial charge in [0.1, 0.15) is 12.4 Å². The molecule has 0 saturated carbocycles. The fraction of sp³-hybridized carbons (Fsp3) is 0.415. The van der Waals surface area contributed by atoms with Crippen molar-refractivity contribution in [1.82, 2.24) is 9.55 Å². The lowest BCUT2D eigenvalue weighted by Gasteiger charge is -2.25. The molecular weight excluding hydrogens is 645 g/mol. The quantitative estimate of drug-likeness (QED) is 0.0674. The normalized spacial score (nSPS) is 14.3. The number of rotatable bonds is 17. The second-order valence-electron chi connectivity index (χ2n) is 12.9. The van der Waals surface area contributed by atoms with Crippen molar-refractivity contribution in [2.45, 2.75) is 82.9 Å². The van der Waals surface area contributed by atoms with Crippen LogP contribution in [-0.4, -0.2) is 52.9 Å². The first kappa shape index (κ1) is 37.2. The van der Waals surface area contributed by atoms with E-state index in [-0.39, 0.29) is 5.91 Å². The van der Waals surface area contributed by atoms with Crippen molar-refractivity contribution in [3.8, 4) is 16.9 Å². The summed E-state index contributed by atoms with van der Waals surface area (Å²) in [6, 6.07) is 22.0. The number of nitrogens with one attached hydrogen (secondary N) is 1. The van der Waals surface area contributed by atoms with Gasteiger partial charge in [0.25, 0.3) is 5.91 Å². The molecule has 3 aromatic carbocycles. The van der Waals surface area contributed by atoms with E-state index in [2.05, 4.69) is 59.4 Å². The van der Waals surface area contributed by atoms with Crippen LogP contribution >= 0.6 is 0 Å². The summed E-state index contributed by atoms with van der Waals surface area (Å²) in [4.78, 5) is 20.9. The SMILES string of the molecule is CCCCOCCOc1ccc(-c2ccc(N3CCCCCC3)c(C=C(C)C(=O)Nc3ccc([S@@+]([O-])Cc4cncn4CCC)cc3)c2)cc1. The van der Waals surface area contributed by atoms with Crippen LogP contribution in [0, 0.1) is 0 Å². The molecule has 4 aromatic rings. The number of aryl methyl sites for hydroxylation is 1. The summed E-state index contributed by atoms with van der Waals surface area (Å²) >= 11 is -1.21. The largest absolute Gasteiger partial charge is 0.611 e. The molecule has 0 radical (unpaired) electrons. The van der Waals surface area contributed by atoms with Crippen LogP contribution in [-0.2, 0) is 33.0 Å². The number of amides is 1. The van der Waals surface area contributed by atoms with Crippen molar-refractivity contribution in [1.29, 1.82) is 0 Å². The van der Waals surface area contributed by atoms with E-state index >= 15 is 0 Å². The standard InChI is InChI=1S/C41H52N4O4S/c1-4-6-24-48-25-26-49-38-16-11-33(12-17-38)34-13-20-40(44-22-9-7-8-10-23-44)35(28-34)27-32(3)41(46)43-36-14-18-39(19-15-36)50(47)30-37-29-42-31-45(37)21-5-2/h11-20,27-29,31H,4-10,21-26,30H2,1-3H3,(H,43,46)/t50-/m0/s1. The molecule has 1 amide bonds. The molecule has 266 valence electrons. The molecule has 1 fully saturated rings. The number of imidazole rings is 1. The Balaban J connectivity index is 1.28. The summed E-state index contributed by atoms with van der Waals surface area (Å²) < 4.78 is 26.6. The van der Waals surface area contributed by atoms with Crippen LogP contribution in [0.1, 0.15) is 77.0 Å². The third-order valence-corrected chi connectivity index (χ3v) is 10.3. The van der Waals surface area contributed by atoms with Gasteiger partial charge in [0, 0.05) is 43.2 Å². The zero-order valence-electron chi connectivity index (χ0n) is 29.9. The van der Waals surface area contributed by atoms with Crippen LogP contribution in [0.4, 0.5) is 11.4 Å². The number of carbonyl (C=O) groups is 1. The fourth-order valence-electron chi connectivity index (χ4n) is 6.11. The predicted octanol–water partition coefficient (Wildman–Crippen LogP) is 8.89. The van der Waals surface area contributed by atoms with Gasteiger partial charge in [0.15, 0.2) is 10.6 Å². The average Bonchev–Trinajstić information content (AvgIpc) is 3.38. The molecule has 9 heteroatoms. The van der Waals surface area contributed by atoms with Crippen molar-refractivity contribution in [3.63, 3.8) is 0 Å². The molecule has 0 unspecified atom stereocenters. The summed E-state index contributed by atoms with van der Waals surface area (Å²) in [5.74, 6) is 1.05. The molecule has 5 rings (SSSR count). The lowest BCUT2D eigenvalue weighted by atomic mass is 9.99. The van der Waals surface area contributed by atoms with E-state index in [0.717, 1.165) is 84.2 Å². The highest BCUT2D eigenvalue weighted by Gasteiger charge is 2.17. The number of aromatic nitrogens is 2. The number of anilines is 2. The molecule has 1 aliphatic rings. The van der Waals surface area contributed by atoms with E-state index in [1.165, 1.54) is 25.7 Å². The van der Waals surface area contributed by atoms with Gasteiger partial charge in [-0.25, -0.2) is 4.98 Å². The smallest absolute Gasteiger partial charge is 0.251 e. The molecule has 0 bridgehead atoms. The minimum Gasteiger partial charge on any atom is -0.611 e. The highest BCUT2D eigenvalue weighted by atomic mass is 32.2. The molecule has 1 saturated heterocycles. The van der Waals surface area contributed by atoms with Gasteiger partial charge in [-0.05, 0) is 115 Å². The number of hydrogen-bond donors (Lipinski definition) is 1. The van der Waals surface area contributed by atoms with Gasteiger partial charge in [-0.2, -0.15) is 0 Å². The van der Waals surface area contributed by atoms with Crippen LogP contribution in [0.2, 0.25) is 0 Å². The lowest BCUT2D eigenvalue weighted by molar-refractivity contribution is -0.112. The van der Waals surface area contributed by atoms with E-state index in [4.69, 9.17) is 9.47 Å². The molecular formula is C41H52N4O4S. The number of ether oxygens (including phenoxy) is 2. The van der Waals surface area contributed by atoms with Gasteiger partial charge < -0.3 is 28.8 Å². The average molecular weight is 697 g/mol. The first-order valence-corrected chi connectivity index (χ1v) is 19.4. The fourth-order valence-corrected chi connectivity index (χ4v) is 7.22. The highest BCUT2D eigenvalue weighted by molar-refractivity contribution is 7.90. The number of hydrogen-bond acceptors (Lipinski definition) is 6. The summed E-state index contributed by atoms with van der Waals surface area (Å²) in [5, 5.41) is 3.04. The van der Waals surface area contributed by atoms with Crippen molar-refractivity contribution < 1.29 is 18.8 Å². The predicted molar refractivity (Wildman–Crippen MR) is 205 cm³/mol. The lowest BCUT2D eigenvalue weighted by Crippen LogP contribution is -2.24. The Morgan fingerprint density at radius 1 is 0.920 bits per heavy atom. The first-order valence-electron chi connectivity index (χ1n) is 18.1. The van der Waals surface area contributed by atoms with Gasteiger partial charge in [-0.15, -0.1) is 0 Å². The summed E-state index contributed by atoms with van der Waals surface area (Å²) in [6.45, 7) is 10.9. The maximum atomic E-state index is 13.5. The summed E-state index contributed by atoms with van der Waals surface area (Å²) in [7, 11) is 0. The second-order valence-corrected chi connectivity index (χ2v) is 14.3. The molecule has 2 heterocycles. The molecule has 1 aliphatic heterocycles. The number of benzene rings is 3. The monoisotopic (exact) mass is 696 g/mol. The summed E-state index contributed by atoms with van der Waals surface area (Å²) in [5.41, 5.74) is 6.57. The number of carbonyl (C=O) groups excluding carboxylic acids is 1. The number of nitrogens with zero attached hydrogens (tertiary/aromatic N) is 3. The second kappa shape index (κ2) is 19.4. The third kappa shape index (κ3) is 10.7. The van der Waals surface area contributed by atoms with Crippen LogP contribution in [0.25, 0.3) is 17.2 Å². The zero-order valence-corrected chi connectivity index (χ0v) is 30.7. The van der Waals surface area contributed by atoms with Gasteiger partial charge in [0.05, 0.1) is 24.8 Å². The Labute approximate surface area is 301 Å². The maximum absolute atomic E-state index is 13.5. The third-order valence-electron chi connectivity index (χ3n) is 8.95. The van der Waals surface area contributed by atoms with E-state index in [0.29, 0.717) is 30.2 Å². The van der Waals surface area contributed by atoms with Crippen molar-refractivity contribution in [3.05, 3.63) is 96.1 Å². The van der Waals surface area contributed by atoms with Crippen molar-refractivity contribution in [2.24, 2.45) is 0 Å². The van der Waals surface area contributed by atoms with Gasteiger partial charge in [-0.1, -0.05) is 51.3 Å². The minimum absolute atomic E-state index is 0.172. The van der Waals surface area contributed by atoms with E-state index in [1.807, 2.05) is 54.0 Å². The van der Waals surface area contributed by atoms with E-state index in [9.17, 15) is 9.35 Å². The minimum atomic E-state index is -1.21. The van der Waals surface area contributed by atoms with Crippen LogP contribution < -0.4 is 15.0 Å². The molecule has 1 aromatic heterocycles. The van der Waals surface area contributed by atoms with Gasteiger partial charge in [0.2, 0.25) is 0 Å². The van der Waals surface area contributed by atoms with Gasteiger partial charge in [-0.3, -0.25) is 4.79 Å². The Bertz CT molecular complexity index is 1660. The Kier molecular flexibility index (Phi) is 14.4. The van der Waals surface area contributed by atoms with Crippen LogP contribution in [0.5, 0.6) is 5.75 Å². The maximum Gasteiger partial charge on any atom is 0.251 e. The van der Waals surface area contributed by atoms with Gasteiger partial charge >= 0.3 is 0 Å². The molecule has 1 atom stereocenters. The molecule has 8 nitrogen and oxygen atoms in total. The Morgan fingerprint density at radius 2 is 1.66 bits per heavy atom. The van der Waals surface area contributed by atoms with E-state index < -0.39 is 11.2 Å². The Morgan fingerprint density at radius 3 is 2.38 bits per heavy atom. The summed E-state index contributed by atoms with van der Waals surface area (Å²) in [6.07, 6.45) is 13.6. The first-order chi connectivity index (χ1) is 24.4. The van der Waals surface area contributed by atoms with E-state index in [1.54, 1.807) is 12.5 Å². The van der Waals surface area contributed by atoms with Crippen LogP contribution in [0.3, 0.4) is 0 Å². The zero-order chi connectivity index (χ0) is 35.1. The molecule has 0 spiro atoms. The van der Waals surface area contributed by atoms with Crippen LogP contribution in [0.15, 0.2) is 89.7 Å².